The molecule has 2 aromatic carbocycles. The van der Waals surface area contributed by atoms with E-state index in [-0.39, 0.29) is 5.75 Å². The van der Waals surface area contributed by atoms with E-state index in [1.54, 1.807) is 26.4 Å². The number of methoxy groups -OCH3 is 3. The second-order valence-electron chi connectivity index (χ2n) is 6.72. The number of hydrogen-bond donors (Lipinski definition) is 1. The molecule has 148 valence electrons. The molecule has 0 saturated heterocycles. The molecular formula is C23H21NO5. The number of nitrogens with zero attached hydrogens (tertiary/aromatic N) is 1. The van der Waals surface area contributed by atoms with Crippen LogP contribution in [-0.4, -0.2) is 37.1 Å². The lowest BCUT2D eigenvalue weighted by atomic mass is 9.99. The second-order valence-corrected chi connectivity index (χ2v) is 6.72. The fraction of sp³-hybridized carbons (Fsp3) is 0.174. The molecule has 0 aliphatic rings. The first kappa shape index (κ1) is 18.7. The van der Waals surface area contributed by atoms with Crippen LogP contribution in [0.2, 0.25) is 0 Å². The minimum atomic E-state index is 0.0595. The molecule has 0 bridgehead atoms. The number of carbonyl (C=O) groups is 1. The average molecular weight is 391 g/mol. The molecule has 0 aliphatic heterocycles. The van der Waals surface area contributed by atoms with E-state index in [0.717, 1.165) is 39.3 Å². The maximum absolute atomic E-state index is 11.9. The lowest BCUT2D eigenvalue weighted by Crippen LogP contribution is -1.94. The van der Waals surface area contributed by atoms with Gasteiger partial charge in [-0.25, -0.2) is 0 Å². The molecule has 0 spiro atoms. The van der Waals surface area contributed by atoms with Crippen molar-refractivity contribution in [2.24, 2.45) is 0 Å². The number of phenolic OH excluding ortho intramolecular Hbond substituents is 1. The Labute approximate surface area is 167 Å². The number of pyridine rings is 1. The number of ether oxygens (including phenoxy) is 3. The quantitative estimate of drug-likeness (QED) is 0.503. The molecular weight excluding hydrogens is 370 g/mol. The summed E-state index contributed by atoms with van der Waals surface area (Å²) < 4.78 is 18.1. The van der Waals surface area contributed by atoms with Crippen LogP contribution >= 0.6 is 0 Å². The molecule has 6 nitrogen and oxygen atoms in total. The summed E-state index contributed by atoms with van der Waals surface area (Å²) in [6.07, 6.45) is 2.73. The van der Waals surface area contributed by atoms with Crippen molar-refractivity contribution in [2.45, 2.75) is 6.92 Å². The summed E-state index contributed by atoms with van der Waals surface area (Å²) in [5.41, 5.74) is 4.01. The zero-order valence-electron chi connectivity index (χ0n) is 16.6. The van der Waals surface area contributed by atoms with Crippen LogP contribution in [-0.2, 0) is 0 Å². The molecule has 2 aromatic heterocycles. The van der Waals surface area contributed by atoms with Crippen molar-refractivity contribution >= 4 is 22.6 Å². The SMILES string of the molecule is COc1cc(-c2c(C)c(C=O)n3ccc4cc(OC)c(OC)cc4c23)ccc1O. The third-order valence-corrected chi connectivity index (χ3v) is 5.29. The van der Waals surface area contributed by atoms with Gasteiger partial charge in [0, 0.05) is 17.1 Å². The summed E-state index contributed by atoms with van der Waals surface area (Å²) >= 11 is 0. The summed E-state index contributed by atoms with van der Waals surface area (Å²) in [6, 6.07) is 10.9. The molecule has 4 rings (SSSR count). The van der Waals surface area contributed by atoms with Gasteiger partial charge in [-0.15, -0.1) is 0 Å². The number of phenols is 1. The maximum atomic E-state index is 11.9. The summed E-state index contributed by atoms with van der Waals surface area (Å²) in [6.45, 7) is 1.91. The van der Waals surface area contributed by atoms with Crippen LogP contribution in [0.4, 0.5) is 0 Å². The molecule has 29 heavy (non-hydrogen) atoms. The van der Waals surface area contributed by atoms with E-state index >= 15 is 0 Å². The number of hydrogen-bond acceptors (Lipinski definition) is 5. The van der Waals surface area contributed by atoms with Gasteiger partial charge in [0.2, 0.25) is 0 Å². The summed E-state index contributed by atoms with van der Waals surface area (Å²) in [5.74, 6) is 1.67. The smallest absolute Gasteiger partial charge is 0.167 e. The van der Waals surface area contributed by atoms with Gasteiger partial charge < -0.3 is 23.7 Å². The van der Waals surface area contributed by atoms with Gasteiger partial charge in [0.05, 0.1) is 32.5 Å². The van der Waals surface area contributed by atoms with Gasteiger partial charge in [0.1, 0.15) is 0 Å². The van der Waals surface area contributed by atoms with Crippen LogP contribution < -0.4 is 14.2 Å². The minimum absolute atomic E-state index is 0.0595. The number of rotatable bonds is 5. The van der Waals surface area contributed by atoms with Gasteiger partial charge in [0.25, 0.3) is 0 Å². The van der Waals surface area contributed by atoms with Crippen LogP contribution in [0.5, 0.6) is 23.0 Å². The van der Waals surface area contributed by atoms with Crippen LogP contribution in [0, 0.1) is 6.92 Å². The fourth-order valence-corrected chi connectivity index (χ4v) is 3.87. The molecule has 4 aromatic rings. The van der Waals surface area contributed by atoms with Crippen molar-refractivity contribution in [2.75, 3.05) is 21.3 Å². The van der Waals surface area contributed by atoms with Crippen molar-refractivity contribution in [3.63, 3.8) is 0 Å². The van der Waals surface area contributed by atoms with Gasteiger partial charge in [-0.3, -0.25) is 4.79 Å². The topological polar surface area (TPSA) is 69.4 Å². The first-order valence-corrected chi connectivity index (χ1v) is 9.06. The number of aldehydes is 1. The number of aromatic hydroxyl groups is 1. The van der Waals surface area contributed by atoms with Gasteiger partial charge in [-0.2, -0.15) is 0 Å². The van der Waals surface area contributed by atoms with Gasteiger partial charge >= 0.3 is 0 Å². The summed E-state index contributed by atoms with van der Waals surface area (Å²) in [4.78, 5) is 11.9. The maximum Gasteiger partial charge on any atom is 0.167 e. The van der Waals surface area contributed by atoms with Gasteiger partial charge in [0.15, 0.2) is 29.3 Å². The Balaban J connectivity index is 2.17. The van der Waals surface area contributed by atoms with Crippen molar-refractivity contribution in [3.05, 3.63) is 53.9 Å². The van der Waals surface area contributed by atoms with E-state index < -0.39 is 0 Å². The summed E-state index contributed by atoms with van der Waals surface area (Å²) in [7, 11) is 4.70. The highest BCUT2D eigenvalue weighted by atomic mass is 16.5. The first-order chi connectivity index (χ1) is 14.0. The number of benzene rings is 2. The normalized spacial score (nSPS) is 11.0. The molecule has 1 N–H and O–H groups in total. The van der Waals surface area contributed by atoms with Crippen LogP contribution in [0.3, 0.4) is 0 Å². The molecule has 0 saturated carbocycles. The van der Waals surface area contributed by atoms with Crippen molar-refractivity contribution in [1.82, 2.24) is 4.40 Å². The Kier molecular flexibility index (Phi) is 4.54. The van der Waals surface area contributed by atoms with Crippen molar-refractivity contribution < 1.29 is 24.1 Å². The molecule has 0 amide bonds. The Morgan fingerprint density at radius 2 is 1.62 bits per heavy atom. The van der Waals surface area contributed by atoms with Crippen LogP contribution in [0.25, 0.3) is 27.4 Å². The highest BCUT2D eigenvalue weighted by Gasteiger charge is 2.20. The fourth-order valence-electron chi connectivity index (χ4n) is 3.87. The van der Waals surface area contributed by atoms with E-state index in [4.69, 9.17) is 14.2 Å². The van der Waals surface area contributed by atoms with Crippen molar-refractivity contribution in [3.8, 4) is 34.1 Å². The lowest BCUT2D eigenvalue weighted by Gasteiger charge is -2.12. The van der Waals surface area contributed by atoms with E-state index in [9.17, 15) is 9.90 Å². The largest absolute Gasteiger partial charge is 0.504 e. The highest BCUT2D eigenvalue weighted by Crippen LogP contribution is 2.42. The lowest BCUT2D eigenvalue weighted by molar-refractivity contribution is 0.111. The second kappa shape index (κ2) is 7.05. The zero-order valence-corrected chi connectivity index (χ0v) is 16.6. The summed E-state index contributed by atoms with van der Waals surface area (Å²) in [5, 5.41) is 11.9. The molecule has 2 heterocycles. The van der Waals surface area contributed by atoms with Gasteiger partial charge in [-0.1, -0.05) is 6.07 Å². The third kappa shape index (κ3) is 2.76. The highest BCUT2D eigenvalue weighted by molar-refractivity contribution is 6.08. The van der Waals surface area contributed by atoms with Crippen LogP contribution in [0.1, 0.15) is 16.1 Å². The molecule has 0 unspecified atom stereocenters. The average Bonchev–Trinajstić information content (AvgIpc) is 3.04. The Morgan fingerprint density at radius 1 is 0.931 bits per heavy atom. The molecule has 0 atom stereocenters. The zero-order chi connectivity index (χ0) is 20.7. The monoisotopic (exact) mass is 391 g/mol. The first-order valence-electron chi connectivity index (χ1n) is 9.06. The Hall–Kier alpha value is -3.67. The number of fused-ring (bicyclic) bond motifs is 3. The predicted molar refractivity (Wildman–Crippen MR) is 112 cm³/mol. The molecule has 0 fully saturated rings. The standard InChI is InChI=1S/C23H21NO5/c1-13-17(12-25)24-8-7-14-9-20(28-3)21(29-4)11-16(14)23(24)22(13)15-5-6-18(26)19(10-15)27-2/h5-12,26H,1-4H3. The molecule has 0 radical (unpaired) electrons. The number of aromatic nitrogens is 1. The minimum Gasteiger partial charge on any atom is -0.504 e. The molecule has 0 aliphatic carbocycles. The van der Waals surface area contributed by atoms with Gasteiger partial charge in [-0.05, 0) is 53.8 Å². The number of carbonyl (C=O) groups excluding carboxylic acids is 1. The van der Waals surface area contributed by atoms with Crippen LogP contribution in [0.15, 0.2) is 42.6 Å². The Bertz CT molecular complexity index is 1260. The van der Waals surface area contributed by atoms with E-state index in [1.165, 1.54) is 7.11 Å². The van der Waals surface area contributed by atoms with E-state index in [1.807, 2.05) is 41.8 Å². The Morgan fingerprint density at radius 3 is 2.28 bits per heavy atom. The third-order valence-electron chi connectivity index (χ3n) is 5.29. The van der Waals surface area contributed by atoms with E-state index in [2.05, 4.69) is 0 Å². The van der Waals surface area contributed by atoms with E-state index in [0.29, 0.717) is 22.9 Å². The molecule has 6 heteroatoms. The van der Waals surface area contributed by atoms with Crippen molar-refractivity contribution in [1.29, 1.82) is 0 Å². The predicted octanol–water partition coefficient (Wildman–Crippen LogP) is 4.61.